The van der Waals surface area contributed by atoms with Gasteiger partial charge in [-0.3, -0.25) is 0 Å². The number of rotatable bonds is 3. The number of nitrogens with zero attached hydrogens (tertiary/aromatic N) is 2. The molecule has 0 spiro atoms. The van der Waals surface area contributed by atoms with E-state index in [2.05, 4.69) is 181 Å². The molecular weight excluding hydrogens is 569 g/mol. The van der Waals surface area contributed by atoms with Crippen LogP contribution in [0.15, 0.2) is 158 Å². The van der Waals surface area contributed by atoms with E-state index in [1.165, 1.54) is 88.4 Å². The molecule has 0 aliphatic heterocycles. The number of hydrogen-bond acceptors (Lipinski definition) is 0. The van der Waals surface area contributed by atoms with Gasteiger partial charge in [0, 0.05) is 38.3 Å². The van der Waals surface area contributed by atoms with Crippen molar-refractivity contribution < 1.29 is 0 Å². The summed E-state index contributed by atoms with van der Waals surface area (Å²) in [6.07, 6.45) is 0. The van der Waals surface area contributed by atoms with E-state index in [4.69, 9.17) is 0 Å². The van der Waals surface area contributed by atoms with Crippen molar-refractivity contribution in [3.05, 3.63) is 169 Å². The van der Waals surface area contributed by atoms with Gasteiger partial charge in [-0.1, -0.05) is 123 Å². The Kier molecular flexibility index (Phi) is 5.37. The fourth-order valence-corrected chi connectivity index (χ4v) is 8.36. The lowest BCUT2D eigenvalue weighted by molar-refractivity contribution is 0.660. The minimum absolute atomic E-state index is 0.0598. The zero-order chi connectivity index (χ0) is 31.3. The minimum atomic E-state index is -0.0598. The lowest BCUT2D eigenvalue weighted by atomic mass is 9.82. The molecule has 7 aromatic carbocycles. The molecule has 0 amide bonds. The SMILES string of the molecule is CC1(C)c2ccccc2-c2ccc(-n3c4ccccc4c4c5c6ccccc6n(-c6cccc(-c7ccccc7)c6)c5ccc43)cc21. The summed E-state index contributed by atoms with van der Waals surface area (Å²) in [5, 5.41) is 5.14. The summed E-state index contributed by atoms with van der Waals surface area (Å²) >= 11 is 0. The van der Waals surface area contributed by atoms with Crippen LogP contribution in [0.5, 0.6) is 0 Å². The van der Waals surface area contributed by atoms with E-state index in [0.29, 0.717) is 0 Å². The highest BCUT2D eigenvalue weighted by molar-refractivity contribution is 6.28. The molecule has 2 nitrogen and oxygen atoms in total. The van der Waals surface area contributed by atoms with Crippen molar-refractivity contribution >= 4 is 43.6 Å². The first kappa shape index (κ1) is 26.4. The molecular formula is C45H32N2. The molecule has 2 heteroatoms. The summed E-state index contributed by atoms with van der Waals surface area (Å²) in [7, 11) is 0. The quantitative estimate of drug-likeness (QED) is 0.191. The number of aromatic nitrogens is 2. The Hall–Kier alpha value is -5.86. The van der Waals surface area contributed by atoms with E-state index in [1.807, 2.05) is 0 Å². The molecule has 47 heavy (non-hydrogen) atoms. The molecule has 0 saturated carbocycles. The zero-order valence-corrected chi connectivity index (χ0v) is 26.4. The van der Waals surface area contributed by atoms with Crippen LogP contribution in [0.25, 0.3) is 77.2 Å². The van der Waals surface area contributed by atoms with Gasteiger partial charge in [0.1, 0.15) is 0 Å². The van der Waals surface area contributed by atoms with Crippen LogP contribution >= 0.6 is 0 Å². The molecule has 0 saturated heterocycles. The van der Waals surface area contributed by atoms with Gasteiger partial charge in [0.2, 0.25) is 0 Å². The fraction of sp³-hybridized carbons (Fsp3) is 0.0667. The van der Waals surface area contributed by atoms with Crippen molar-refractivity contribution in [2.24, 2.45) is 0 Å². The van der Waals surface area contributed by atoms with E-state index in [-0.39, 0.29) is 5.41 Å². The first-order valence-electron chi connectivity index (χ1n) is 16.5. The minimum Gasteiger partial charge on any atom is -0.309 e. The van der Waals surface area contributed by atoms with E-state index >= 15 is 0 Å². The van der Waals surface area contributed by atoms with E-state index in [0.717, 1.165) is 0 Å². The van der Waals surface area contributed by atoms with Gasteiger partial charge in [-0.2, -0.15) is 0 Å². The Morgan fingerprint density at radius 1 is 0.383 bits per heavy atom. The number of benzene rings is 7. The average Bonchev–Trinajstić information content (AvgIpc) is 3.72. The number of hydrogen-bond donors (Lipinski definition) is 0. The molecule has 9 aromatic rings. The highest BCUT2D eigenvalue weighted by atomic mass is 15.0. The Labute approximate surface area is 273 Å². The van der Waals surface area contributed by atoms with Crippen LogP contribution in [0.4, 0.5) is 0 Å². The maximum Gasteiger partial charge on any atom is 0.0548 e. The third-order valence-corrected chi connectivity index (χ3v) is 10.5. The summed E-state index contributed by atoms with van der Waals surface area (Å²) in [5.41, 5.74) is 15.1. The fourth-order valence-electron chi connectivity index (χ4n) is 8.36. The third kappa shape index (κ3) is 3.61. The molecule has 0 fully saturated rings. The van der Waals surface area contributed by atoms with Gasteiger partial charge < -0.3 is 9.13 Å². The lowest BCUT2D eigenvalue weighted by Gasteiger charge is -2.22. The summed E-state index contributed by atoms with van der Waals surface area (Å²) in [5.74, 6) is 0. The first-order chi connectivity index (χ1) is 23.1. The standard InChI is InChI=1S/C45H32N2/c1-45(2)37-20-9-6-17-33(37)34-24-23-32(28-38(34)45)47-40-22-11-8-19-36(40)44-42(47)26-25-41-43(44)35-18-7-10-21-39(35)46(41)31-16-12-15-30(27-31)29-13-4-3-5-14-29/h3-28H,1-2H3. The van der Waals surface area contributed by atoms with E-state index in [9.17, 15) is 0 Å². The van der Waals surface area contributed by atoms with Crippen LogP contribution in [0.3, 0.4) is 0 Å². The largest absolute Gasteiger partial charge is 0.309 e. The van der Waals surface area contributed by atoms with Crippen molar-refractivity contribution in [1.82, 2.24) is 9.13 Å². The van der Waals surface area contributed by atoms with Crippen LogP contribution in [-0.4, -0.2) is 9.13 Å². The van der Waals surface area contributed by atoms with Crippen molar-refractivity contribution in [2.75, 3.05) is 0 Å². The number of fused-ring (bicyclic) bond motifs is 10. The molecule has 0 bridgehead atoms. The molecule has 0 unspecified atom stereocenters. The molecule has 1 aliphatic rings. The Balaban J connectivity index is 1.26. The van der Waals surface area contributed by atoms with Gasteiger partial charge in [0.15, 0.2) is 0 Å². The van der Waals surface area contributed by atoms with Crippen LogP contribution in [0, 0.1) is 0 Å². The van der Waals surface area contributed by atoms with Crippen molar-refractivity contribution in [2.45, 2.75) is 19.3 Å². The van der Waals surface area contributed by atoms with Gasteiger partial charge in [0.25, 0.3) is 0 Å². The van der Waals surface area contributed by atoms with Gasteiger partial charge in [-0.05, 0) is 81.9 Å². The smallest absolute Gasteiger partial charge is 0.0548 e. The monoisotopic (exact) mass is 600 g/mol. The Morgan fingerprint density at radius 3 is 1.64 bits per heavy atom. The molecule has 10 rings (SSSR count). The van der Waals surface area contributed by atoms with Crippen LogP contribution < -0.4 is 0 Å². The van der Waals surface area contributed by atoms with Crippen molar-refractivity contribution in [1.29, 1.82) is 0 Å². The summed E-state index contributed by atoms with van der Waals surface area (Å²) in [4.78, 5) is 0. The summed E-state index contributed by atoms with van der Waals surface area (Å²) in [6.45, 7) is 4.72. The van der Waals surface area contributed by atoms with Crippen molar-refractivity contribution in [3.63, 3.8) is 0 Å². The van der Waals surface area contributed by atoms with Gasteiger partial charge >= 0.3 is 0 Å². The van der Waals surface area contributed by atoms with Crippen LogP contribution in [0.2, 0.25) is 0 Å². The summed E-state index contributed by atoms with van der Waals surface area (Å²) in [6, 6.07) is 58.0. The van der Waals surface area contributed by atoms with Gasteiger partial charge in [-0.15, -0.1) is 0 Å². The highest BCUT2D eigenvalue weighted by Gasteiger charge is 2.35. The van der Waals surface area contributed by atoms with Gasteiger partial charge in [0.05, 0.1) is 22.1 Å². The van der Waals surface area contributed by atoms with Crippen molar-refractivity contribution in [3.8, 4) is 33.6 Å². The van der Waals surface area contributed by atoms with Crippen LogP contribution in [-0.2, 0) is 5.41 Å². The molecule has 0 N–H and O–H groups in total. The molecule has 0 atom stereocenters. The van der Waals surface area contributed by atoms with E-state index < -0.39 is 0 Å². The maximum absolute atomic E-state index is 2.48. The molecule has 2 heterocycles. The first-order valence-corrected chi connectivity index (χ1v) is 16.5. The second kappa shape index (κ2) is 9.57. The predicted octanol–water partition coefficient (Wildman–Crippen LogP) is 11.9. The zero-order valence-electron chi connectivity index (χ0n) is 26.4. The molecule has 0 radical (unpaired) electrons. The van der Waals surface area contributed by atoms with E-state index in [1.54, 1.807) is 0 Å². The average molecular weight is 601 g/mol. The topological polar surface area (TPSA) is 9.86 Å². The normalized spacial score (nSPS) is 13.5. The third-order valence-electron chi connectivity index (χ3n) is 10.5. The van der Waals surface area contributed by atoms with Crippen LogP contribution in [0.1, 0.15) is 25.0 Å². The molecule has 2 aromatic heterocycles. The maximum atomic E-state index is 2.48. The summed E-state index contributed by atoms with van der Waals surface area (Å²) < 4.78 is 4.92. The number of para-hydroxylation sites is 2. The lowest BCUT2D eigenvalue weighted by Crippen LogP contribution is -2.15. The Morgan fingerprint density at radius 2 is 0.936 bits per heavy atom. The second-order valence-electron chi connectivity index (χ2n) is 13.4. The molecule has 222 valence electrons. The van der Waals surface area contributed by atoms with Gasteiger partial charge in [-0.25, -0.2) is 0 Å². The second-order valence-corrected chi connectivity index (χ2v) is 13.4. The predicted molar refractivity (Wildman–Crippen MR) is 198 cm³/mol. The molecule has 1 aliphatic carbocycles. The Bertz CT molecular complexity index is 2700. The highest BCUT2D eigenvalue weighted by Crippen LogP contribution is 2.50.